The summed E-state index contributed by atoms with van der Waals surface area (Å²) >= 11 is 1.03. The Morgan fingerprint density at radius 1 is 1.09 bits per heavy atom. The number of carbonyl (C=O) groups excluding carboxylic acids is 3. The molecule has 2 aromatic carbocycles. The molecule has 3 aromatic rings. The standard InChI is InChI=1S/C24H23N3O4S/c1-15-19(26-23(31-15)18-5-3-2-4-6-18)14-21(28)25-12-11-16-7-9-17(10-8-16)13-20-22(29)27-24(30)32-20/h2-10,20H,11-14H2,1H3,(H,25,28)(H,27,29,30). The average molecular weight is 450 g/mol. The molecule has 1 unspecified atom stereocenters. The Labute approximate surface area is 190 Å². The maximum atomic E-state index is 12.3. The van der Waals surface area contributed by atoms with Gasteiger partial charge in [0.2, 0.25) is 17.7 Å². The Bertz CT molecular complexity index is 1130. The van der Waals surface area contributed by atoms with Gasteiger partial charge in [0, 0.05) is 12.1 Å². The summed E-state index contributed by atoms with van der Waals surface area (Å²) < 4.78 is 5.71. The molecule has 1 aliphatic rings. The van der Waals surface area contributed by atoms with Crippen molar-refractivity contribution in [2.24, 2.45) is 0 Å². The minimum absolute atomic E-state index is 0.105. The number of amides is 3. The first-order valence-corrected chi connectivity index (χ1v) is 11.2. The highest BCUT2D eigenvalue weighted by Crippen LogP contribution is 2.23. The first kappa shape index (κ1) is 21.8. The second-order valence-electron chi connectivity index (χ2n) is 7.57. The maximum Gasteiger partial charge on any atom is 0.286 e. The lowest BCUT2D eigenvalue weighted by atomic mass is 10.1. The number of thioether (sulfide) groups is 1. The molecule has 32 heavy (non-hydrogen) atoms. The third-order valence-corrected chi connectivity index (χ3v) is 6.17. The van der Waals surface area contributed by atoms with E-state index in [9.17, 15) is 14.4 Å². The van der Waals surface area contributed by atoms with Crippen molar-refractivity contribution in [1.29, 1.82) is 0 Å². The Morgan fingerprint density at radius 3 is 2.50 bits per heavy atom. The van der Waals surface area contributed by atoms with Gasteiger partial charge in [-0.1, -0.05) is 54.2 Å². The molecule has 164 valence electrons. The van der Waals surface area contributed by atoms with Gasteiger partial charge in [-0.15, -0.1) is 0 Å². The Morgan fingerprint density at radius 2 is 1.81 bits per heavy atom. The zero-order valence-electron chi connectivity index (χ0n) is 17.6. The molecule has 2 N–H and O–H groups in total. The molecule has 1 fully saturated rings. The number of aryl methyl sites for hydroxylation is 1. The molecule has 0 radical (unpaired) electrons. The molecule has 0 spiro atoms. The third kappa shape index (κ3) is 5.45. The fraction of sp³-hybridized carbons (Fsp3) is 0.250. The summed E-state index contributed by atoms with van der Waals surface area (Å²) in [5, 5.41) is 4.57. The average Bonchev–Trinajstić information content (AvgIpc) is 3.30. The Balaban J connectivity index is 1.24. The molecule has 1 aromatic heterocycles. The summed E-state index contributed by atoms with van der Waals surface area (Å²) in [4.78, 5) is 39.8. The lowest BCUT2D eigenvalue weighted by Crippen LogP contribution is -2.27. The Hall–Kier alpha value is -3.39. The van der Waals surface area contributed by atoms with E-state index in [-0.39, 0.29) is 28.7 Å². The number of aromatic nitrogens is 1. The first-order chi connectivity index (χ1) is 15.5. The van der Waals surface area contributed by atoms with Gasteiger partial charge in [-0.3, -0.25) is 19.7 Å². The van der Waals surface area contributed by atoms with E-state index in [0.717, 1.165) is 28.5 Å². The van der Waals surface area contributed by atoms with Crippen molar-refractivity contribution in [3.05, 3.63) is 77.2 Å². The van der Waals surface area contributed by atoms with Crippen LogP contribution in [0.4, 0.5) is 4.79 Å². The van der Waals surface area contributed by atoms with Gasteiger partial charge in [0.25, 0.3) is 5.24 Å². The summed E-state index contributed by atoms with van der Waals surface area (Å²) in [6, 6.07) is 17.5. The van der Waals surface area contributed by atoms with E-state index in [1.54, 1.807) is 0 Å². The largest absolute Gasteiger partial charge is 0.441 e. The fourth-order valence-corrected chi connectivity index (χ4v) is 4.30. The normalized spacial score (nSPS) is 15.6. The molecular formula is C24H23N3O4S. The number of oxazole rings is 1. The van der Waals surface area contributed by atoms with Crippen LogP contribution in [0, 0.1) is 6.92 Å². The quantitative estimate of drug-likeness (QED) is 0.546. The van der Waals surface area contributed by atoms with Gasteiger partial charge in [0.05, 0.1) is 17.4 Å². The van der Waals surface area contributed by atoms with E-state index in [4.69, 9.17) is 4.42 Å². The van der Waals surface area contributed by atoms with Gasteiger partial charge in [0.1, 0.15) is 5.76 Å². The van der Waals surface area contributed by atoms with E-state index in [0.29, 0.717) is 36.7 Å². The first-order valence-electron chi connectivity index (χ1n) is 10.4. The summed E-state index contributed by atoms with van der Waals surface area (Å²) in [6.45, 7) is 2.32. The number of carbonyl (C=O) groups is 3. The number of benzene rings is 2. The molecule has 1 saturated heterocycles. The topological polar surface area (TPSA) is 101 Å². The minimum atomic E-state index is -0.366. The molecule has 2 heterocycles. The van der Waals surface area contributed by atoms with Crippen LogP contribution in [0.2, 0.25) is 0 Å². The van der Waals surface area contributed by atoms with Crippen molar-refractivity contribution in [3.63, 3.8) is 0 Å². The number of hydrogen-bond acceptors (Lipinski definition) is 6. The van der Waals surface area contributed by atoms with Crippen molar-refractivity contribution in [1.82, 2.24) is 15.6 Å². The Kier molecular flexibility index (Phi) is 6.70. The monoisotopic (exact) mass is 449 g/mol. The van der Waals surface area contributed by atoms with E-state index in [2.05, 4.69) is 15.6 Å². The van der Waals surface area contributed by atoms with Gasteiger partial charge in [-0.2, -0.15) is 0 Å². The fourth-order valence-electron chi connectivity index (χ4n) is 3.44. The van der Waals surface area contributed by atoms with Crippen LogP contribution in [0.25, 0.3) is 11.5 Å². The number of imide groups is 1. The molecular weight excluding hydrogens is 426 g/mol. The number of rotatable bonds is 8. The zero-order chi connectivity index (χ0) is 22.5. The molecule has 3 amide bonds. The van der Waals surface area contributed by atoms with Crippen molar-refractivity contribution < 1.29 is 18.8 Å². The number of nitrogens with one attached hydrogen (secondary N) is 2. The van der Waals surface area contributed by atoms with Crippen LogP contribution in [0.5, 0.6) is 0 Å². The molecule has 4 rings (SSSR count). The second kappa shape index (κ2) is 9.82. The highest BCUT2D eigenvalue weighted by atomic mass is 32.2. The van der Waals surface area contributed by atoms with Crippen LogP contribution in [-0.2, 0) is 28.9 Å². The smallest absolute Gasteiger partial charge is 0.286 e. The van der Waals surface area contributed by atoms with Crippen LogP contribution in [0.1, 0.15) is 22.6 Å². The lowest BCUT2D eigenvalue weighted by molar-refractivity contribution is -0.120. The summed E-state index contributed by atoms with van der Waals surface area (Å²) in [6.07, 6.45) is 1.37. The molecule has 7 nitrogen and oxygen atoms in total. The zero-order valence-corrected chi connectivity index (χ0v) is 18.4. The van der Waals surface area contributed by atoms with Crippen molar-refractivity contribution >= 4 is 28.8 Å². The number of nitrogens with zero attached hydrogens (tertiary/aromatic N) is 1. The van der Waals surface area contributed by atoms with Crippen molar-refractivity contribution in [2.45, 2.75) is 31.4 Å². The lowest BCUT2D eigenvalue weighted by Gasteiger charge is -2.08. The predicted molar refractivity (Wildman–Crippen MR) is 122 cm³/mol. The highest BCUT2D eigenvalue weighted by molar-refractivity contribution is 8.15. The van der Waals surface area contributed by atoms with Gasteiger partial charge in [-0.05, 0) is 43.0 Å². The van der Waals surface area contributed by atoms with Crippen LogP contribution in [0.15, 0.2) is 59.0 Å². The molecule has 0 aliphatic carbocycles. The molecule has 8 heteroatoms. The second-order valence-corrected chi connectivity index (χ2v) is 8.74. The van der Waals surface area contributed by atoms with E-state index in [1.165, 1.54) is 0 Å². The molecule has 0 saturated carbocycles. The summed E-state index contributed by atoms with van der Waals surface area (Å²) in [5.41, 5.74) is 3.59. The van der Waals surface area contributed by atoms with Gasteiger partial charge in [-0.25, -0.2) is 4.98 Å². The highest BCUT2D eigenvalue weighted by Gasteiger charge is 2.31. The van der Waals surface area contributed by atoms with Crippen molar-refractivity contribution in [3.8, 4) is 11.5 Å². The van der Waals surface area contributed by atoms with E-state index >= 15 is 0 Å². The van der Waals surface area contributed by atoms with Crippen molar-refractivity contribution in [2.75, 3.05) is 6.54 Å². The molecule has 0 bridgehead atoms. The van der Waals surface area contributed by atoms with Gasteiger partial charge in [0.15, 0.2) is 0 Å². The van der Waals surface area contributed by atoms with E-state index in [1.807, 2.05) is 61.5 Å². The van der Waals surface area contributed by atoms with Crippen LogP contribution in [-0.4, -0.2) is 33.8 Å². The number of hydrogen-bond donors (Lipinski definition) is 2. The summed E-state index contributed by atoms with van der Waals surface area (Å²) in [7, 11) is 0. The van der Waals surface area contributed by atoms with Gasteiger partial charge < -0.3 is 9.73 Å². The minimum Gasteiger partial charge on any atom is -0.441 e. The molecule has 1 atom stereocenters. The SMILES string of the molecule is Cc1oc(-c2ccccc2)nc1CC(=O)NCCc1ccc(CC2SC(=O)NC2=O)cc1. The van der Waals surface area contributed by atoms with Crippen LogP contribution in [0.3, 0.4) is 0 Å². The predicted octanol–water partition coefficient (Wildman–Crippen LogP) is 3.45. The third-order valence-electron chi connectivity index (χ3n) is 5.19. The molecule has 1 aliphatic heterocycles. The van der Waals surface area contributed by atoms with E-state index < -0.39 is 0 Å². The maximum absolute atomic E-state index is 12.3. The van der Waals surface area contributed by atoms with Crippen LogP contribution < -0.4 is 10.6 Å². The van der Waals surface area contributed by atoms with Crippen LogP contribution >= 0.6 is 11.8 Å². The van der Waals surface area contributed by atoms with Gasteiger partial charge >= 0.3 is 0 Å². The summed E-state index contributed by atoms with van der Waals surface area (Å²) in [5.74, 6) is 0.825.